The molecule has 1 aromatic carbocycles. The highest BCUT2D eigenvalue weighted by Crippen LogP contribution is 2.34. The monoisotopic (exact) mass is 281 g/mol. The minimum atomic E-state index is 0. The van der Waals surface area contributed by atoms with Crippen LogP contribution in [0.25, 0.3) is 0 Å². The summed E-state index contributed by atoms with van der Waals surface area (Å²) in [6.45, 7) is 2.56. The fourth-order valence-corrected chi connectivity index (χ4v) is 3.56. The molecule has 3 heteroatoms. The van der Waals surface area contributed by atoms with Gasteiger partial charge in [0.25, 0.3) is 0 Å². The van der Waals surface area contributed by atoms with Gasteiger partial charge in [0.2, 0.25) is 0 Å². The van der Waals surface area contributed by atoms with E-state index in [1.807, 2.05) is 6.07 Å². The zero-order valence-electron chi connectivity index (χ0n) is 11.7. The number of ether oxygens (including phenoxy) is 1. The van der Waals surface area contributed by atoms with Crippen LogP contribution in [0.4, 0.5) is 0 Å². The Hall–Kier alpha value is -0.730. The first-order valence-corrected chi connectivity index (χ1v) is 7.25. The molecule has 0 saturated carbocycles. The number of hydrogen-bond donors (Lipinski definition) is 0. The van der Waals surface area contributed by atoms with E-state index in [4.69, 9.17) is 4.74 Å². The summed E-state index contributed by atoms with van der Waals surface area (Å²) in [4.78, 5) is 2.72. The molecule has 0 aliphatic carbocycles. The minimum Gasteiger partial charge on any atom is -0.497 e. The Morgan fingerprint density at radius 1 is 1.16 bits per heavy atom. The predicted molar refractivity (Wildman–Crippen MR) is 81.4 cm³/mol. The molecular weight excluding hydrogens is 258 g/mol. The Kier molecular flexibility index (Phi) is 5.12. The van der Waals surface area contributed by atoms with E-state index in [-0.39, 0.29) is 12.4 Å². The molecular formula is C16H24ClNO. The lowest BCUT2D eigenvalue weighted by molar-refractivity contribution is 0.0959. The van der Waals surface area contributed by atoms with Crippen molar-refractivity contribution in [1.29, 1.82) is 0 Å². The van der Waals surface area contributed by atoms with Crippen molar-refractivity contribution in [3.8, 4) is 5.75 Å². The van der Waals surface area contributed by atoms with Crippen molar-refractivity contribution in [3.05, 3.63) is 29.8 Å². The Morgan fingerprint density at radius 2 is 2.05 bits per heavy atom. The van der Waals surface area contributed by atoms with Gasteiger partial charge in [-0.05, 0) is 55.8 Å². The molecule has 2 unspecified atom stereocenters. The molecule has 0 aromatic heterocycles. The van der Waals surface area contributed by atoms with Gasteiger partial charge in [0.15, 0.2) is 0 Å². The van der Waals surface area contributed by atoms with E-state index in [1.54, 1.807) is 7.11 Å². The van der Waals surface area contributed by atoms with Crippen LogP contribution in [-0.4, -0.2) is 31.1 Å². The van der Waals surface area contributed by atoms with Crippen LogP contribution >= 0.6 is 12.4 Å². The first-order valence-electron chi connectivity index (χ1n) is 7.25. The summed E-state index contributed by atoms with van der Waals surface area (Å²) in [5.74, 6) is 1.70. The number of piperidine rings is 2. The first-order chi connectivity index (χ1) is 8.86. The van der Waals surface area contributed by atoms with E-state index in [0.717, 1.165) is 11.8 Å². The van der Waals surface area contributed by atoms with Crippen molar-refractivity contribution in [2.45, 2.75) is 44.1 Å². The lowest BCUT2D eigenvalue weighted by atomic mass is 9.84. The summed E-state index contributed by atoms with van der Waals surface area (Å²) in [6, 6.07) is 9.51. The highest BCUT2D eigenvalue weighted by molar-refractivity contribution is 5.85. The third kappa shape index (κ3) is 3.24. The Labute approximate surface area is 122 Å². The largest absolute Gasteiger partial charge is 0.497 e. The van der Waals surface area contributed by atoms with Crippen LogP contribution < -0.4 is 4.74 Å². The second-order valence-corrected chi connectivity index (χ2v) is 5.70. The van der Waals surface area contributed by atoms with Gasteiger partial charge >= 0.3 is 0 Å². The van der Waals surface area contributed by atoms with Gasteiger partial charge in [-0.3, -0.25) is 4.90 Å². The van der Waals surface area contributed by atoms with Crippen LogP contribution in [0.2, 0.25) is 0 Å². The zero-order chi connectivity index (χ0) is 12.4. The van der Waals surface area contributed by atoms with E-state index in [9.17, 15) is 0 Å². The fraction of sp³-hybridized carbons (Fsp3) is 0.625. The summed E-state index contributed by atoms with van der Waals surface area (Å²) in [5.41, 5.74) is 1.46. The molecule has 2 saturated heterocycles. The second-order valence-electron chi connectivity index (χ2n) is 5.70. The summed E-state index contributed by atoms with van der Waals surface area (Å²) in [5, 5.41) is 0. The van der Waals surface area contributed by atoms with E-state index in [2.05, 4.69) is 23.1 Å². The highest BCUT2D eigenvalue weighted by Gasteiger charge is 2.30. The summed E-state index contributed by atoms with van der Waals surface area (Å²) < 4.78 is 5.34. The third-order valence-corrected chi connectivity index (χ3v) is 4.62. The van der Waals surface area contributed by atoms with Crippen LogP contribution in [-0.2, 0) is 0 Å². The first kappa shape index (κ1) is 14.7. The smallest absolute Gasteiger partial charge is 0.119 e. The maximum absolute atomic E-state index is 5.34. The van der Waals surface area contributed by atoms with Crippen molar-refractivity contribution in [1.82, 2.24) is 4.90 Å². The lowest BCUT2D eigenvalue weighted by Gasteiger charge is -2.42. The Morgan fingerprint density at radius 3 is 2.89 bits per heavy atom. The number of fused-ring (bicyclic) bond motifs is 1. The van der Waals surface area contributed by atoms with Crippen LogP contribution in [0.3, 0.4) is 0 Å². The average molecular weight is 282 g/mol. The number of methoxy groups -OCH3 is 1. The van der Waals surface area contributed by atoms with Crippen LogP contribution in [0.5, 0.6) is 5.75 Å². The SMILES string of the molecule is COc1cccc(C2CCC3CCCCN3C2)c1.Cl. The van der Waals surface area contributed by atoms with Crippen molar-refractivity contribution in [2.75, 3.05) is 20.2 Å². The molecule has 2 fully saturated rings. The van der Waals surface area contributed by atoms with E-state index < -0.39 is 0 Å². The molecule has 2 aliphatic heterocycles. The molecule has 2 aliphatic rings. The molecule has 106 valence electrons. The van der Waals surface area contributed by atoms with Crippen molar-refractivity contribution in [3.63, 3.8) is 0 Å². The van der Waals surface area contributed by atoms with Crippen LogP contribution in [0.1, 0.15) is 43.6 Å². The van der Waals surface area contributed by atoms with Crippen molar-refractivity contribution >= 4 is 12.4 Å². The zero-order valence-corrected chi connectivity index (χ0v) is 12.5. The molecule has 0 spiro atoms. The number of rotatable bonds is 2. The van der Waals surface area contributed by atoms with Gasteiger partial charge in [-0.2, -0.15) is 0 Å². The van der Waals surface area contributed by atoms with Crippen molar-refractivity contribution < 1.29 is 4.74 Å². The molecule has 2 atom stereocenters. The quantitative estimate of drug-likeness (QED) is 0.816. The molecule has 0 bridgehead atoms. The third-order valence-electron chi connectivity index (χ3n) is 4.62. The molecule has 0 amide bonds. The molecule has 0 radical (unpaired) electrons. The number of benzene rings is 1. The van der Waals surface area contributed by atoms with Crippen molar-refractivity contribution in [2.24, 2.45) is 0 Å². The summed E-state index contributed by atoms with van der Waals surface area (Å²) in [7, 11) is 1.75. The van der Waals surface area contributed by atoms with E-state index in [1.165, 1.54) is 50.8 Å². The van der Waals surface area contributed by atoms with Crippen LogP contribution in [0.15, 0.2) is 24.3 Å². The topological polar surface area (TPSA) is 12.5 Å². The van der Waals surface area contributed by atoms with Gasteiger partial charge in [0.1, 0.15) is 5.75 Å². The lowest BCUT2D eigenvalue weighted by Crippen LogP contribution is -2.45. The maximum atomic E-state index is 5.34. The second kappa shape index (κ2) is 6.62. The predicted octanol–water partition coefficient (Wildman–Crippen LogP) is 3.85. The van der Waals surface area contributed by atoms with Gasteiger partial charge in [-0.1, -0.05) is 18.6 Å². The van der Waals surface area contributed by atoms with Gasteiger partial charge in [0.05, 0.1) is 7.11 Å². The molecule has 2 heterocycles. The van der Waals surface area contributed by atoms with Gasteiger partial charge < -0.3 is 4.74 Å². The molecule has 19 heavy (non-hydrogen) atoms. The average Bonchev–Trinajstić information content (AvgIpc) is 2.47. The standard InChI is InChI=1S/C16H23NO.ClH/c1-18-16-7-4-5-13(11-16)14-8-9-15-6-2-3-10-17(15)12-14;/h4-5,7,11,14-15H,2-3,6,8-10,12H2,1H3;1H. The molecule has 3 rings (SSSR count). The maximum Gasteiger partial charge on any atom is 0.119 e. The van der Waals surface area contributed by atoms with Crippen LogP contribution in [0, 0.1) is 0 Å². The molecule has 1 aromatic rings. The summed E-state index contributed by atoms with van der Waals surface area (Å²) in [6.07, 6.45) is 6.97. The van der Waals surface area contributed by atoms with E-state index >= 15 is 0 Å². The number of hydrogen-bond acceptors (Lipinski definition) is 2. The normalized spacial score (nSPS) is 27.2. The fourth-order valence-electron chi connectivity index (χ4n) is 3.56. The Bertz CT molecular complexity index is 409. The van der Waals surface area contributed by atoms with Gasteiger partial charge in [0, 0.05) is 12.6 Å². The Balaban J connectivity index is 0.00000133. The number of halogens is 1. The van der Waals surface area contributed by atoms with Gasteiger partial charge in [-0.25, -0.2) is 0 Å². The highest BCUT2D eigenvalue weighted by atomic mass is 35.5. The molecule has 0 N–H and O–H groups in total. The molecule has 2 nitrogen and oxygen atoms in total. The number of nitrogens with zero attached hydrogens (tertiary/aromatic N) is 1. The van der Waals surface area contributed by atoms with Gasteiger partial charge in [-0.15, -0.1) is 12.4 Å². The summed E-state index contributed by atoms with van der Waals surface area (Å²) >= 11 is 0. The minimum absolute atomic E-state index is 0. The van der Waals surface area contributed by atoms with E-state index in [0.29, 0.717) is 5.92 Å².